The van der Waals surface area contributed by atoms with Crippen LogP contribution in [-0.2, 0) is 0 Å². The van der Waals surface area contributed by atoms with Crippen LogP contribution in [0.2, 0.25) is 0 Å². The normalized spacial score (nSPS) is 9.73. The SMILES string of the molecule is COc1cnc(SC)nc1C. The van der Waals surface area contributed by atoms with Gasteiger partial charge < -0.3 is 4.74 Å². The number of hydrogen-bond donors (Lipinski definition) is 0. The van der Waals surface area contributed by atoms with Crippen molar-refractivity contribution in [1.29, 1.82) is 0 Å². The minimum atomic E-state index is 0.739. The fraction of sp³-hybridized carbons (Fsp3) is 0.429. The Morgan fingerprint density at radius 3 is 2.73 bits per heavy atom. The molecule has 11 heavy (non-hydrogen) atoms. The van der Waals surface area contributed by atoms with Crippen LogP contribution in [0.4, 0.5) is 0 Å². The summed E-state index contributed by atoms with van der Waals surface area (Å²) in [4.78, 5) is 8.25. The zero-order chi connectivity index (χ0) is 8.27. The molecule has 0 bridgehead atoms. The summed E-state index contributed by atoms with van der Waals surface area (Å²) >= 11 is 1.52. The third-order valence-corrected chi connectivity index (χ3v) is 1.88. The molecule has 0 amide bonds. The standard InChI is InChI=1S/C7H10N2OS/c1-5-6(10-2)4-8-7(9-5)11-3/h4H,1-3H3. The van der Waals surface area contributed by atoms with Crippen molar-refractivity contribution in [3.8, 4) is 5.75 Å². The molecule has 1 aromatic heterocycles. The van der Waals surface area contributed by atoms with Gasteiger partial charge in [-0.25, -0.2) is 9.97 Å². The zero-order valence-electron chi connectivity index (χ0n) is 6.79. The highest BCUT2D eigenvalue weighted by molar-refractivity contribution is 7.98. The average molecular weight is 170 g/mol. The number of thioether (sulfide) groups is 1. The number of hydrogen-bond acceptors (Lipinski definition) is 4. The molecule has 0 radical (unpaired) electrons. The molecule has 0 aromatic carbocycles. The van der Waals surface area contributed by atoms with E-state index >= 15 is 0 Å². The Morgan fingerprint density at radius 1 is 1.55 bits per heavy atom. The van der Waals surface area contributed by atoms with Crippen LogP contribution < -0.4 is 4.74 Å². The second-order valence-electron chi connectivity index (χ2n) is 2.01. The predicted molar refractivity (Wildman–Crippen MR) is 45.1 cm³/mol. The molecule has 0 atom stereocenters. The largest absolute Gasteiger partial charge is 0.493 e. The van der Waals surface area contributed by atoms with Crippen molar-refractivity contribution in [3.05, 3.63) is 11.9 Å². The fourth-order valence-electron chi connectivity index (χ4n) is 0.733. The maximum Gasteiger partial charge on any atom is 0.187 e. The minimum Gasteiger partial charge on any atom is -0.493 e. The molecule has 1 aromatic rings. The summed E-state index contributed by atoms with van der Waals surface area (Å²) in [5.74, 6) is 0.739. The van der Waals surface area contributed by atoms with E-state index in [0.29, 0.717) is 0 Å². The molecule has 0 saturated heterocycles. The Morgan fingerprint density at radius 2 is 2.27 bits per heavy atom. The van der Waals surface area contributed by atoms with Crippen molar-refractivity contribution >= 4 is 11.8 Å². The summed E-state index contributed by atoms with van der Waals surface area (Å²) in [6, 6.07) is 0. The smallest absolute Gasteiger partial charge is 0.187 e. The first-order valence-corrected chi connectivity index (χ1v) is 4.42. The van der Waals surface area contributed by atoms with Gasteiger partial charge in [-0.15, -0.1) is 0 Å². The van der Waals surface area contributed by atoms with Crippen LogP contribution in [0.3, 0.4) is 0 Å². The van der Waals surface area contributed by atoms with Crippen LogP contribution in [0.15, 0.2) is 11.4 Å². The van der Waals surface area contributed by atoms with Crippen molar-refractivity contribution < 1.29 is 4.74 Å². The molecule has 0 fully saturated rings. The number of aromatic nitrogens is 2. The minimum absolute atomic E-state index is 0.739. The first-order valence-electron chi connectivity index (χ1n) is 3.19. The number of aryl methyl sites for hydroxylation is 1. The van der Waals surface area contributed by atoms with Crippen LogP contribution in [0.1, 0.15) is 5.69 Å². The average Bonchev–Trinajstić information content (AvgIpc) is 2.04. The molecular formula is C7H10N2OS. The highest BCUT2D eigenvalue weighted by Gasteiger charge is 2.00. The molecule has 0 aliphatic heterocycles. The van der Waals surface area contributed by atoms with Gasteiger partial charge in [0, 0.05) is 0 Å². The molecule has 1 rings (SSSR count). The zero-order valence-corrected chi connectivity index (χ0v) is 7.60. The third kappa shape index (κ3) is 1.83. The Bertz CT molecular complexity index is 252. The van der Waals surface area contributed by atoms with E-state index in [-0.39, 0.29) is 0 Å². The summed E-state index contributed by atoms with van der Waals surface area (Å²) < 4.78 is 5.01. The quantitative estimate of drug-likeness (QED) is 0.498. The highest BCUT2D eigenvalue weighted by atomic mass is 32.2. The van der Waals surface area contributed by atoms with Crippen molar-refractivity contribution in [2.24, 2.45) is 0 Å². The van der Waals surface area contributed by atoms with Gasteiger partial charge in [0.05, 0.1) is 19.0 Å². The monoisotopic (exact) mass is 170 g/mol. The molecule has 0 spiro atoms. The van der Waals surface area contributed by atoms with Gasteiger partial charge in [-0.1, -0.05) is 11.8 Å². The molecule has 0 aliphatic carbocycles. The van der Waals surface area contributed by atoms with Crippen molar-refractivity contribution in [1.82, 2.24) is 9.97 Å². The summed E-state index contributed by atoms with van der Waals surface area (Å²) in [5.41, 5.74) is 0.881. The van der Waals surface area contributed by atoms with E-state index in [2.05, 4.69) is 9.97 Å². The third-order valence-electron chi connectivity index (χ3n) is 1.31. The molecular weight excluding hydrogens is 160 g/mol. The molecule has 60 valence electrons. The maximum absolute atomic E-state index is 5.01. The molecule has 1 heterocycles. The van der Waals surface area contributed by atoms with Crippen LogP contribution in [0.5, 0.6) is 5.75 Å². The van der Waals surface area contributed by atoms with E-state index < -0.39 is 0 Å². The topological polar surface area (TPSA) is 35.0 Å². The van der Waals surface area contributed by atoms with Gasteiger partial charge in [0.15, 0.2) is 10.9 Å². The van der Waals surface area contributed by atoms with E-state index in [1.807, 2.05) is 13.2 Å². The number of methoxy groups -OCH3 is 1. The first kappa shape index (κ1) is 8.33. The number of ether oxygens (including phenoxy) is 1. The predicted octanol–water partition coefficient (Wildman–Crippen LogP) is 1.52. The molecule has 3 nitrogen and oxygen atoms in total. The summed E-state index contributed by atoms with van der Waals surface area (Å²) in [6.45, 7) is 1.90. The van der Waals surface area contributed by atoms with E-state index in [1.165, 1.54) is 11.8 Å². The van der Waals surface area contributed by atoms with Crippen LogP contribution in [-0.4, -0.2) is 23.3 Å². The second kappa shape index (κ2) is 3.57. The fourth-order valence-corrected chi connectivity index (χ4v) is 1.12. The van der Waals surface area contributed by atoms with Gasteiger partial charge in [-0.3, -0.25) is 0 Å². The lowest BCUT2D eigenvalue weighted by molar-refractivity contribution is 0.405. The lowest BCUT2D eigenvalue weighted by Crippen LogP contribution is -1.93. The Balaban J connectivity index is 2.99. The molecule has 0 aliphatic rings. The van der Waals surface area contributed by atoms with Gasteiger partial charge in [0.1, 0.15) is 0 Å². The number of nitrogens with zero attached hydrogens (tertiary/aromatic N) is 2. The first-order chi connectivity index (χ1) is 5.27. The molecule has 0 N–H and O–H groups in total. The maximum atomic E-state index is 5.01. The van der Waals surface area contributed by atoms with Crippen LogP contribution in [0, 0.1) is 6.92 Å². The number of rotatable bonds is 2. The summed E-state index contributed by atoms with van der Waals surface area (Å²) in [5, 5.41) is 0.781. The van der Waals surface area contributed by atoms with Gasteiger partial charge in [-0.2, -0.15) is 0 Å². The van der Waals surface area contributed by atoms with Gasteiger partial charge in [0.25, 0.3) is 0 Å². The highest BCUT2D eigenvalue weighted by Crippen LogP contribution is 2.16. The summed E-state index contributed by atoms with van der Waals surface area (Å²) in [7, 11) is 1.62. The molecule has 0 saturated carbocycles. The Hall–Kier alpha value is -0.770. The molecule has 0 unspecified atom stereocenters. The summed E-state index contributed by atoms with van der Waals surface area (Å²) in [6.07, 6.45) is 3.63. The van der Waals surface area contributed by atoms with Gasteiger partial charge >= 0.3 is 0 Å². The molecule has 4 heteroatoms. The Kier molecular flexibility index (Phi) is 2.70. The lowest BCUT2D eigenvalue weighted by Gasteiger charge is -2.02. The van der Waals surface area contributed by atoms with Gasteiger partial charge in [0.2, 0.25) is 0 Å². The van der Waals surface area contributed by atoms with Crippen LogP contribution >= 0.6 is 11.8 Å². The van der Waals surface area contributed by atoms with E-state index in [9.17, 15) is 0 Å². The van der Waals surface area contributed by atoms with Crippen molar-refractivity contribution in [2.45, 2.75) is 12.1 Å². The van der Waals surface area contributed by atoms with Gasteiger partial charge in [-0.05, 0) is 13.2 Å². The van der Waals surface area contributed by atoms with E-state index in [1.54, 1.807) is 13.3 Å². The van der Waals surface area contributed by atoms with Crippen LogP contribution in [0.25, 0.3) is 0 Å². The van der Waals surface area contributed by atoms with Crippen molar-refractivity contribution in [3.63, 3.8) is 0 Å². The Labute approximate surface area is 70.2 Å². The second-order valence-corrected chi connectivity index (χ2v) is 2.78. The van der Waals surface area contributed by atoms with E-state index in [4.69, 9.17) is 4.74 Å². The van der Waals surface area contributed by atoms with E-state index in [0.717, 1.165) is 16.6 Å². The lowest BCUT2D eigenvalue weighted by atomic mass is 10.4. The van der Waals surface area contributed by atoms with Crippen molar-refractivity contribution in [2.75, 3.05) is 13.4 Å².